The molecule has 3 heteroatoms. The molecule has 19 heavy (non-hydrogen) atoms. The first-order valence-electron chi connectivity index (χ1n) is 6.93. The van der Waals surface area contributed by atoms with Crippen molar-refractivity contribution in [3.8, 4) is 5.75 Å². The number of aromatic hydroxyl groups is 1. The van der Waals surface area contributed by atoms with Gasteiger partial charge in [0.25, 0.3) is 0 Å². The second kappa shape index (κ2) is 5.19. The fourth-order valence-electron chi connectivity index (χ4n) is 2.98. The van der Waals surface area contributed by atoms with Crippen molar-refractivity contribution in [2.45, 2.75) is 13.0 Å². The Morgan fingerprint density at radius 1 is 1.11 bits per heavy atom. The van der Waals surface area contributed by atoms with E-state index < -0.39 is 0 Å². The summed E-state index contributed by atoms with van der Waals surface area (Å²) in [5.74, 6) is 0.407. The third-order valence-electron chi connectivity index (χ3n) is 4.06. The molecule has 2 N–H and O–H groups in total. The summed E-state index contributed by atoms with van der Waals surface area (Å²) >= 11 is 0. The van der Waals surface area contributed by atoms with E-state index >= 15 is 0 Å². The van der Waals surface area contributed by atoms with Crippen molar-refractivity contribution in [3.05, 3.63) is 42.0 Å². The summed E-state index contributed by atoms with van der Waals surface area (Å²) in [4.78, 5) is 2.43. The molecule has 2 aromatic carbocycles. The zero-order valence-electron chi connectivity index (χ0n) is 11.3. The second-order valence-electron chi connectivity index (χ2n) is 5.18. The Hall–Kier alpha value is -1.58. The Morgan fingerprint density at radius 3 is 2.63 bits per heavy atom. The van der Waals surface area contributed by atoms with Gasteiger partial charge >= 0.3 is 0 Å². The Kier molecular flexibility index (Phi) is 3.40. The highest BCUT2D eigenvalue weighted by atomic mass is 16.3. The molecule has 0 unspecified atom stereocenters. The SMILES string of the molecule is C[C@@H](c1c(O)ccc2ccccc12)N1CCNCC1. The summed E-state index contributed by atoms with van der Waals surface area (Å²) < 4.78 is 0. The van der Waals surface area contributed by atoms with Crippen LogP contribution in [0.5, 0.6) is 5.75 Å². The van der Waals surface area contributed by atoms with Gasteiger partial charge in [0.15, 0.2) is 0 Å². The van der Waals surface area contributed by atoms with Crippen LogP contribution in [0.1, 0.15) is 18.5 Å². The van der Waals surface area contributed by atoms with E-state index in [0.717, 1.165) is 37.1 Å². The molecule has 1 heterocycles. The molecule has 1 saturated heterocycles. The lowest BCUT2D eigenvalue weighted by atomic mass is 9.97. The first-order chi connectivity index (χ1) is 9.27. The maximum atomic E-state index is 10.3. The average Bonchev–Trinajstić information content (AvgIpc) is 2.47. The fourth-order valence-corrected chi connectivity index (χ4v) is 2.98. The molecule has 0 bridgehead atoms. The highest BCUT2D eigenvalue weighted by molar-refractivity contribution is 5.88. The highest BCUT2D eigenvalue weighted by Gasteiger charge is 2.22. The molecule has 1 aliphatic rings. The first-order valence-corrected chi connectivity index (χ1v) is 6.93. The van der Waals surface area contributed by atoms with Crippen LogP contribution in [-0.4, -0.2) is 36.2 Å². The van der Waals surface area contributed by atoms with Crippen molar-refractivity contribution in [1.29, 1.82) is 0 Å². The third kappa shape index (κ3) is 2.31. The maximum absolute atomic E-state index is 10.3. The number of piperazine rings is 1. The van der Waals surface area contributed by atoms with Gasteiger partial charge in [-0.25, -0.2) is 0 Å². The van der Waals surface area contributed by atoms with Gasteiger partial charge in [0.2, 0.25) is 0 Å². The molecule has 0 amide bonds. The van der Waals surface area contributed by atoms with Crippen LogP contribution in [0.25, 0.3) is 10.8 Å². The topological polar surface area (TPSA) is 35.5 Å². The van der Waals surface area contributed by atoms with E-state index in [1.807, 2.05) is 24.3 Å². The van der Waals surface area contributed by atoms with Gasteiger partial charge in [-0.1, -0.05) is 30.3 Å². The van der Waals surface area contributed by atoms with Crippen LogP contribution in [0, 0.1) is 0 Å². The number of hydrogen-bond acceptors (Lipinski definition) is 3. The molecule has 0 saturated carbocycles. The lowest BCUT2D eigenvalue weighted by Crippen LogP contribution is -2.44. The summed E-state index contributed by atoms with van der Waals surface area (Å²) in [6.07, 6.45) is 0. The van der Waals surface area contributed by atoms with Crippen LogP contribution in [0.3, 0.4) is 0 Å². The predicted octanol–water partition coefficient (Wildman–Crippen LogP) is 2.51. The van der Waals surface area contributed by atoms with Gasteiger partial charge in [-0.05, 0) is 23.8 Å². The molecular formula is C16H20N2O. The molecule has 1 atom stereocenters. The van der Waals surface area contributed by atoms with Gasteiger partial charge in [-0.2, -0.15) is 0 Å². The van der Waals surface area contributed by atoms with E-state index in [1.54, 1.807) is 0 Å². The van der Waals surface area contributed by atoms with Crippen LogP contribution >= 0.6 is 0 Å². The van der Waals surface area contributed by atoms with Gasteiger partial charge in [0.05, 0.1) is 0 Å². The Bertz CT molecular complexity index is 576. The lowest BCUT2D eigenvalue weighted by molar-refractivity contribution is 0.184. The number of nitrogens with zero attached hydrogens (tertiary/aromatic N) is 1. The summed E-state index contributed by atoms with van der Waals surface area (Å²) in [5, 5.41) is 16.0. The molecule has 0 aliphatic carbocycles. The number of phenolic OH excluding ortho intramolecular Hbond substituents is 1. The molecule has 1 aliphatic heterocycles. The average molecular weight is 256 g/mol. The Morgan fingerprint density at radius 2 is 1.84 bits per heavy atom. The van der Waals surface area contributed by atoms with Crippen molar-refractivity contribution in [2.75, 3.05) is 26.2 Å². The highest BCUT2D eigenvalue weighted by Crippen LogP contribution is 2.35. The van der Waals surface area contributed by atoms with Gasteiger partial charge in [0, 0.05) is 37.8 Å². The van der Waals surface area contributed by atoms with Crippen LogP contribution in [0.4, 0.5) is 0 Å². The molecule has 100 valence electrons. The second-order valence-corrected chi connectivity index (χ2v) is 5.18. The molecular weight excluding hydrogens is 236 g/mol. The van der Waals surface area contributed by atoms with E-state index in [1.165, 1.54) is 5.39 Å². The standard InChI is InChI=1S/C16H20N2O/c1-12(18-10-8-17-9-11-18)16-14-5-3-2-4-13(14)6-7-15(16)19/h2-7,12,17,19H,8-11H2,1H3/t12-/m0/s1. The summed E-state index contributed by atoms with van der Waals surface area (Å²) in [6.45, 7) is 6.30. The zero-order chi connectivity index (χ0) is 13.2. The predicted molar refractivity (Wildman–Crippen MR) is 78.5 cm³/mol. The van der Waals surface area contributed by atoms with Crippen LogP contribution < -0.4 is 5.32 Å². The minimum Gasteiger partial charge on any atom is -0.508 e. The van der Waals surface area contributed by atoms with Gasteiger partial charge in [-0.15, -0.1) is 0 Å². The summed E-state index contributed by atoms with van der Waals surface area (Å²) in [5.41, 5.74) is 1.06. The molecule has 0 aromatic heterocycles. The van der Waals surface area contributed by atoms with Gasteiger partial charge in [0.1, 0.15) is 5.75 Å². The first kappa shape index (κ1) is 12.5. The van der Waals surface area contributed by atoms with Gasteiger partial charge < -0.3 is 10.4 Å². The van der Waals surface area contributed by atoms with E-state index in [4.69, 9.17) is 0 Å². The van der Waals surface area contributed by atoms with Crippen LogP contribution in [-0.2, 0) is 0 Å². The largest absolute Gasteiger partial charge is 0.508 e. The molecule has 0 radical (unpaired) electrons. The number of nitrogens with one attached hydrogen (secondary N) is 1. The van der Waals surface area contributed by atoms with E-state index in [-0.39, 0.29) is 6.04 Å². The van der Waals surface area contributed by atoms with Crippen LogP contribution in [0.15, 0.2) is 36.4 Å². The minimum atomic E-state index is 0.244. The van der Waals surface area contributed by atoms with Crippen molar-refractivity contribution in [3.63, 3.8) is 0 Å². The smallest absolute Gasteiger partial charge is 0.120 e. The third-order valence-corrected chi connectivity index (χ3v) is 4.06. The van der Waals surface area contributed by atoms with Crippen molar-refractivity contribution in [1.82, 2.24) is 10.2 Å². The lowest BCUT2D eigenvalue weighted by Gasteiger charge is -2.33. The number of rotatable bonds is 2. The normalized spacial score (nSPS) is 18.6. The monoisotopic (exact) mass is 256 g/mol. The van der Waals surface area contributed by atoms with Crippen LogP contribution in [0.2, 0.25) is 0 Å². The zero-order valence-corrected chi connectivity index (χ0v) is 11.3. The molecule has 1 fully saturated rings. The number of phenols is 1. The maximum Gasteiger partial charge on any atom is 0.120 e. The fraction of sp³-hybridized carbons (Fsp3) is 0.375. The number of hydrogen-bond donors (Lipinski definition) is 2. The van der Waals surface area contributed by atoms with Crippen molar-refractivity contribution < 1.29 is 5.11 Å². The van der Waals surface area contributed by atoms with E-state index in [2.05, 4.69) is 29.3 Å². The van der Waals surface area contributed by atoms with E-state index in [9.17, 15) is 5.11 Å². The molecule has 3 nitrogen and oxygen atoms in total. The minimum absolute atomic E-state index is 0.244. The summed E-state index contributed by atoms with van der Waals surface area (Å²) in [7, 11) is 0. The number of fused-ring (bicyclic) bond motifs is 1. The quantitative estimate of drug-likeness (QED) is 0.866. The Labute approximate surface area is 113 Å². The van der Waals surface area contributed by atoms with Gasteiger partial charge in [-0.3, -0.25) is 4.90 Å². The molecule has 2 aromatic rings. The molecule has 0 spiro atoms. The Balaban J connectivity index is 2.05. The summed E-state index contributed by atoms with van der Waals surface area (Å²) in [6, 6.07) is 12.3. The molecule has 3 rings (SSSR count). The van der Waals surface area contributed by atoms with E-state index in [0.29, 0.717) is 5.75 Å². The number of benzene rings is 2. The van der Waals surface area contributed by atoms with Crippen molar-refractivity contribution in [2.24, 2.45) is 0 Å². The van der Waals surface area contributed by atoms with Crippen molar-refractivity contribution >= 4 is 10.8 Å².